The van der Waals surface area contributed by atoms with E-state index >= 15 is 0 Å². The van der Waals surface area contributed by atoms with Gasteiger partial charge in [-0.25, -0.2) is 9.37 Å². The van der Waals surface area contributed by atoms with Crippen LogP contribution in [0.4, 0.5) is 17.6 Å². The normalized spacial score (nSPS) is 12.8. The van der Waals surface area contributed by atoms with Crippen molar-refractivity contribution < 1.29 is 26.9 Å². The van der Waals surface area contributed by atoms with Gasteiger partial charge >= 0.3 is 6.18 Å². The highest BCUT2D eigenvalue weighted by Crippen LogP contribution is 2.32. The van der Waals surface area contributed by atoms with E-state index in [1.807, 2.05) is 0 Å². The molecule has 3 aromatic rings. The van der Waals surface area contributed by atoms with Gasteiger partial charge in [-0.1, -0.05) is 24.2 Å². The van der Waals surface area contributed by atoms with Gasteiger partial charge in [-0.3, -0.25) is 4.79 Å². The number of halogens is 4. The van der Waals surface area contributed by atoms with Crippen molar-refractivity contribution in [3.8, 4) is 11.3 Å². The Morgan fingerprint density at radius 3 is 2.70 bits per heavy atom. The van der Waals surface area contributed by atoms with Crippen LogP contribution in [-0.2, 0) is 6.18 Å². The Morgan fingerprint density at radius 1 is 1.33 bits per heavy atom. The molecule has 0 fully saturated rings. The third-order valence-corrected chi connectivity index (χ3v) is 4.67. The number of benzene rings is 1. The van der Waals surface area contributed by atoms with Crippen molar-refractivity contribution in [1.82, 2.24) is 15.5 Å². The van der Waals surface area contributed by atoms with Crippen LogP contribution in [0.3, 0.4) is 0 Å². The van der Waals surface area contributed by atoms with Crippen LogP contribution in [0.2, 0.25) is 0 Å². The monoisotopic (exact) mass is 399 g/mol. The molecule has 2 aromatic heterocycles. The highest BCUT2D eigenvalue weighted by molar-refractivity contribution is 7.09. The molecule has 0 saturated carbocycles. The Balaban J connectivity index is 1.76. The van der Waals surface area contributed by atoms with Gasteiger partial charge in [0, 0.05) is 17.0 Å². The van der Waals surface area contributed by atoms with Gasteiger partial charge < -0.3 is 9.84 Å². The summed E-state index contributed by atoms with van der Waals surface area (Å²) in [6.07, 6.45) is -4.22. The van der Waals surface area contributed by atoms with E-state index in [4.69, 9.17) is 4.52 Å². The van der Waals surface area contributed by atoms with Crippen LogP contribution in [0.1, 0.15) is 40.6 Å². The van der Waals surface area contributed by atoms with Crippen LogP contribution in [0.15, 0.2) is 40.2 Å². The van der Waals surface area contributed by atoms with Crippen LogP contribution in [-0.4, -0.2) is 16.0 Å². The zero-order chi connectivity index (χ0) is 19.6. The lowest BCUT2D eigenvalue weighted by Gasteiger charge is -2.13. The van der Waals surface area contributed by atoms with Crippen molar-refractivity contribution >= 4 is 17.2 Å². The molecule has 27 heavy (non-hydrogen) atoms. The molecule has 0 aliphatic rings. The zero-order valence-electron chi connectivity index (χ0n) is 13.9. The first kappa shape index (κ1) is 19.0. The standard InChI is InChI=1S/C17H13F4N3O2S/c1-2-11(16-23-14(8-27-16)17(19,20)21)22-15(25)13-7-12(24-26-13)9-5-3-4-6-10(9)18/h3-8,11H,2H2,1H3,(H,22,25). The molecule has 0 aliphatic heterocycles. The molecule has 0 saturated heterocycles. The van der Waals surface area contributed by atoms with E-state index in [0.29, 0.717) is 6.42 Å². The molecule has 1 N–H and O–H groups in total. The number of hydrogen-bond acceptors (Lipinski definition) is 5. The van der Waals surface area contributed by atoms with E-state index in [1.54, 1.807) is 13.0 Å². The molecular formula is C17H13F4N3O2S. The molecule has 1 aromatic carbocycles. The van der Waals surface area contributed by atoms with Gasteiger partial charge in [-0.15, -0.1) is 11.3 Å². The molecule has 2 heterocycles. The molecule has 0 radical (unpaired) electrons. The molecule has 0 spiro atoms. The average Bonchev–Trinajstić information content (AvgIpc) is 3.29. The van der Waals surface area contributed by atoms with Crippen LogP contribution in [0.5, 0.6) is 0 Å². The Hall–Kier alpha value is -2.75. The van der Waals surface area contributed by atoms with Gasteiger partial charge in [0.15, 0.2) is 5.69 Å². The number of carbonyl (C=O) groups excluding carboxylic acids is 1. The summed E-state index contributed by atoms with van der Waals surface area (Å²) in [6, 6.07) is 6.40. The third-order valence-electron chi connectivity index (χ3n) is 3.71. The van der Waals surface area contributed by atoms with E-state index in [-0.39, 0.29) is 22.0 Å². The largest absolute Gasteiger partial charge is 0.434 e. The van der Waals surface area contributed by atoms with E-state index < -0.39 is 29.6 Å². The molecule has 0 aliphatic carbocycles. The summed E-state index contributed by atoms with van der Waals surface area (Å²) < 4.78 is 56.8. The molecule has 3 rings (SSSR count). The first-order valence-corrected chi connectivity index (χ1v) is 8.72. The maximum Gasteiger partial charge on any atom is 0.434 e. The van der Waals surface area contributed by atoms with E-state index in [1.165, 1.54) is 24.3 Å². The van der Waals surface area contributed by atoms with Crippen molar-refractivity contribution in [3.63, 3.8) is 0 Å². The van der Waals surface area contributed by atoms with Gasteiger partial charge in [0.05, 0.1) is 6.04 Å². The molecule has 10 heteroatoms. The van der Waals surface area contributed by atoms with Crippen molar-refractivity contribution in [2.75, 3.05) is 0 Å². The fourth-order valence-electron chi connectivity index (χ4n) is 2.32. The Labute approximate surface area is 155 Å². The topological polar surface area (TPSA) is 68.0 Å². The SMILES string of the molecule is CCC(NC(=O)c1cc(-c2ccccc2F)no1)c1nc(C(F)(F)F)cs1. The molecular weight excluding hydrogens is 386 g/mol. The van der Waals surface area contributed by atoms with Crippen molar-refractivity contribution in [2.24, 2.45) is 0 Å². The number of hydrogen-bond donors (Lipinski definition) is 1. The molecule has 5 nitrogen and oxygen atoms in total. The first-order chi connectivity index (χ1) is 12.8. The van der Waals surface area contributed by atoms with Crippen LogP contribution in [0, 0.1) is 5.82 Å². The second kappa shape index (κ2) is 7.47. The highest BCUT2D eigenvalue weighted by atomic mass is 32.1. The van der Waals surface area contributed by atoms with Crippen molar-refractivity contribution in [2.45, 2.75) is 25.6 Å². The summed E-state index contributed by atoms with van der Waals surface area (Å²) >= 11 is 0.809. The van der Waals surface area contributed by atoms with Crippen LogP contribution >= 0.6 is 11.3 Å². The Kier molecular flexibility index (Phi) is 5.26. The minimum atomic E-state index is -4.55. The van der Waals surface area contributed by atoms with Crippen LogP contribution < -0.4 is 5.32 Å². The van der Waals surface area contributed by atoms with Gasteiger partial charge in [0.1, 0.15) is 16.5 Å². The fourth-order valence-corrected chi connectivity index (χ4v) is 3.28. The third kappa shape index (κ3) is 4.16. The molecule has 1 amide bonds. The summed E-state index contributed by atoms with van der Waals surface area (Å²) in [6.45, 7) is 1.70. The summed E-state index contributed by atoms with van der Waals surface area (Å²) in [5, 5.41) is 7.26. The lowest BCUT2D eigenvalue weighted by Crippen LogP contribution is -2.28. The summed E-state index contributed by atoms with van der Waals surface area (Å²) in [4.78, 5) is 15.9. The predicted molar refractivity (Wildman–Crippen MR) is 89.5 cm³/mol. The quantitative estimate of drug-likeness (QED) is 0.624. The van der Waals surface area contributed by atoms with Gasteiger partial charge in [-0.05, 0) is 18.6 Å². The lowest BCUT2D eigenvalue weighted by molar-refractivity contribution is -0.140. The summed E-state index contributed by atoms with van der Waals surface area (Å²) in [5.41, 5.74) is -0.696. The molecule has 142 valence electrons. The number of alkyl halides is 3. The van der Waals surface area contributed by atoms with Gasteiger partial charge in [0.2, 0.25) is 5.76 Å². The van der Waals surface area contributed by atoms with Crippen molar-refractivity contribution in [1.29, 1.82) is 0 Å². The minimum absolute atomic E-state index is 0.131. The number of nitrogens with one attached hydrogen (secondary N) is 1. The van der Waals surface area contributed by atoms with Crippen molar-refractivity contribution in [3.05, 3.63) is 58.0 Å². The van der Waals surface area contributed by atoms with E-state index in [0.717, 1.165) is 16.7 Å². The summed E-state index contributed by atoms with van der Waals surface area (Å²) in [5.74, 6) is -1.38. The number of nitrogens with zero attached hydrogens (tertiary/aromatic N) is 2. The second-order valence-corrected chi connectivity index (χ2v) is 6.45. The van der Waals surface area contributed by atoms with Gasteiger partial charge in [-0.2, -0.15) is 13.2 Å². The Morgan fingerprint density at radius 2 is 2.07 bits per heavy atom. The molecule has 0 bridgehead atoms. The number of amides is 1. The zero-order valence-corrected chi connectivity index (χ0v) is 14.7. The molecule has 1 atom stereocenters. The Bertz CT molecular complexity index is 952. The molecule has 1 unspecified atom stereocenters. The second-order valence-electron chi connectivity index (χ2n) is 5.56. The van der Waals surface area contributed by atoms with E-state index in [2.05, 4.69) is 15.5 Å². The van der Waals surface area contributed by atoms with E-state index in [9.17, 15) is 22.4 Å². The average molecular weight is 399 g/mol. The maximum absolute atomic E-state index is 13.8. The van der Waals surface area contributed by atoms with Crippen LogP contribution in [0.25, 0.3) is 11.3 Å². The van der Waals surface area contributed by atoms with Gasteiger partial charge in [0.25, 0.3) is 5.91 Å². The maximum atomic E-state index is 13.8. The summed E-state index contributed by atoms with van der Waals surface area (Å²) in [7, 11) is 0. The number of carbonyl (C=O) groups is 1. The smallest absolute Gasteiger partial charge is 0.350 e. The minimum Gasteiger partial charge on any atom is -0.350 e. The predicted octanol–water partition coefficient (Wildman–Crippen LogP) is 4.84. The number of rotatable bonds is 5. The number of aromatic nitrogens is 2. The number of thiazole rings is 1. The fraction of sp³-hybridized carbons (Fsp3) is 0.235. The lowest BCUT2D eigenvalue weighted by atomic mass is 10.1. The first-order valence-electron chi connectivity index (χ1n) is 7.84. The highest BCUT2D eigenvalue weighted by Gasteiger charge is 2.34.